The van der Waals surface area contributed by atoms with E-state index < -0.39 is 5.41 Å². The van der Waals surface area contributed by atoms with Gasteiger partial charge in [0.15, 0.2) is 5.82 Å². The van der Waals surface area contributed by atoms with Crippen molar-refractivity contribution in [3.63, 3.8) is 0 Å². The lowest BCUT2D eigenvalue weighted by molar-refractivity contribution is 0.775. The minimum absolute atomic E-state index is 0.515. The fourth-order valence-corrected chi connectivity index (χ4v) is 9.04. The third kappa shape index (κ3) is 4.80. The normalized spacial score (nSPS) is 12.9. The molecule has 1 spiro atoms. The van der Waals surface area contributed by atoms with E-state index in [1.807, 2.05) is 30.5 Å². The highest BCUT2D eigenvalue weighted by molar-refractivity contribution is 5.98. The summed E-state index contributed by atoms with van der Waals surface area (Å²) in [5.74, 6) is 0.697. The van der Waals surface area contributed by atoms with Gasteiger partial charge in [0, 0.05) is 29.1 Å². The van der Waals surface area contributed by atoms with Gasteiger partial charge in [-0.3, -0.25) is 4.98 Å². The Bertz CT molecular complexity index is 2870. The van der Waals surface area contributed by atoms with Crippen molar-refractivity contribution in [3.8, 4) is 78.4 Å². The number of hydrogen-bond donors (Lipinski definition) is 0. The maximum absolute atomic E-state index is 5.27. The van der Waals surface area contributed by atoms with E-state index in [9.17, 15) is 0 Å². The molecule has 3 heteroatoms. The molecule has 2 heterocycles. The van der Waals surface area contributed by atoms with E-state index in [-0.39, 0.29) is 0 Å². The Labute approximate surface area is 320 Å². The summed E-state index contributed by atoms with van der Waals surface area (Å²) in [4.78, 5) is 14.7. The van der Waals surface area contributed by atoms with Gasteiger partial charge in [0.05, 0.1) is 16.8 Å². The van der Waals surface area contributed by atoms with Crippen molar-refractivity contribution in [1.82, 2.24) is 15.0 Å². The Morgan fingerprint density at radius 3 is 1.40 bits per heavy atom. The molecule has 2 aliphatic rings. The first-order chi connectivity index (χ1) is 27.3. The fourth-order valence-electron chi connectivity index (χ4n) is 9.04. The molecule has 55 heavy (non-hydrogen) atoms. The van der Waals surface area contributed by atoms with Crippen LogP contribution in [0.2, 0.25) is 0 Å². The summed E-state index contributed by atoms with van der Waals surface area (Å²) in [6.45, 7) is 0. The Morgan fingerprint density at radius 1 is 0.309 bits per heavy atom. The molecule has 0 amide bonds. The second kappa shape index (κ2) is 12.4. The second-order valence-corrected chi connectivity index (χ2v) is 14.3. The molecule has 0 saturated carbocycles. The summed E-state index contributed by atoms with van der Waals surface area (Å²) >= 11 is 0. The van der Waals surface area contributed by atoms with E-state index in [0.29, 0.717) is 5.82 Å². The molecule has 2 aliphatic carbocycles. The van der Waals surface area contributed by atoms with E-state index in [1.165, 1.54) is 55.6 Å². The molecule has 7 aromatic carbocycles. The molecular formula is C52H33N3. The first-order valence-electron chi connectivity index (χ1n) is 18.8. The minimum Gasteiger partial charge on any atom is -0.264 e. The molecule has 11 rings (SSSR count). The SMILES string of the molecule is c1ccc(-c2nc(-c3ccc(-c4cccnc4)cc3)cc(-c3ccc4c(c3)-c3ccccc3-c3ccccc3C43c4ccccc4-c4ccccc43)n2)cc1. The summed E-state index contributed by atoms with van der Waals surface area (Å²) in [6.07, 6.45) is 3.70. The zero-order chi connectivity index (χ0) is 36.3. The van der Waals surface area contributed by atoms with Crippen LogP contribution in [0.3, 0.4) is 0 Å². The van der Waals surface area contributed by atoms with Crippen LogP contribution in [0.15, 0.2) is 200 Å². The van der Waals surface area contributed by atoms with Crippen molar-refractivity contribution in [1.29, 1.82) is 0 Å². The van der Waals surface area contributed by atoms with Gasteiger partial charge in [0.25, 0.3) is 0 Å². The van der Waals surface area contributed by atoms with Gasteiger partial charge >= 0.3 is 0 Å². The van der Waals surface area contributed by atoms with E-state index in [0.717, 1.165) is 39.2 Å². The Kier molecular flexibility index (Phi) is 7.08. The molecule has 0 saturated heterocycles. The summed E-state index contributed by atoms with van der Waals surface area (Å²) in [6, 6.07) is 67.9. The van der Waals surface area contributed by atoms with Crippen LogP contribution in [0, 0.1) is 0 Å². The highest BCUT2D eigenvalue weighted by atomic mass is 14.9. The van der Waals surface area contributed by atoms with Crippen molar-refractivity contribution < 1.29 is 0 Å². The van der Waals surface area contributed by atoms with Gasteiger partial charge in [-0.25, -0.2) is 9.97 Å². The predicted molar refractivity (Wildman–Crippen MR) is 223 cm³/mol. The van der Waals surface area contributed by atoms with Crippen LogP contribution >= 0.6 is 0 Å². The quantitative estimate of drug-likeness (QED) is 0.184. The smallest absolute Gasteiger partial charge is 0.160 e. The average Bonchev–Trinajstić information content (AvgIpc) is 3.52. The molecule has 9 aromatic rings. The zero-order valence-corrected chi connectivity index (χ0v) is 29.9. The standard InChI is InChI=1S/C52H33N3/c1-2-13-36(14-3-1)51-54-49(35-26-24-34(25-27-35)38-15-12-30-53-33-38)32-50(55-51)37-28-29-48-44(31-37)40-17-5-4-16-39(40)41-18-6-9-21-45(41)52(48)46-22-10-7-19-42(46)43-20-8-11-23-47(43)52/h1-33H. The lowest BCUT2D eigenvalue weighted by Gasteiger charge is -2.35. The number of rotatable bonds is 4. The van der Waals surface area contributed by atoms with Gasteiger partial charge in [0.1, 0.15) is 0 Å². The molecule has 3 nitrogen and oxygen atoms in total. The molecule has 0 aliphatic heterocycles. The summed E-state index contributed by atoms with van der Waals surface area (Å²) in [5, 5.41) is 0. The van der Waals surface area contributed by atoms with E-state index in [1.54, 1.807) is 6.20 Å². The van der Waals surface area contributed by atoms with E-state index in [4.69, 9.17) is 9.97 Å². The Morgan fingerprint density at radius 2 is 0.782 bits per heavy atom. The summed E-state index contributed by atoms with van der Waals surface area (Å²) < 4.78 is 0. The van der Waals surface area contributed by atoms with E-state index >= 15 is 0 Å². The van der Waals surface area contributed by atoms with Gasteiger partial charge < -0.3 is 0 Å². The number of benzene rings is 7. The monoisotopic (exact) mass is 699 g/mol. The van der Waals surface area contributed by atoms with Crippen molar-refractivity contribution in [2.75, 3.05) is 0 Å². The molecule has 0 N–H and O–H groups in total. The largest absolute Gasteiger partial charge is 0.264 e. The molecule has 0 fully saturated rings. The highest BCUT2D eigenvalue weighted by Gasteiger charge is 2.49. The van der Waals surface area contributed by atoms with Crippen molar-refractivity contribution in [2.24, 2.45) is 0 Å². The van der Waals surface area contributed by atoms with Crippen LogP contribution in [0.25, 0.3) is 78.4 Å². The number of aromatic nitrogens is 3. The number of pyridine rings is 1. The lowest BCUT2D eigenvalue weighted by Crippen LogP contribution is -2.29. The third-order valence-corrected chi connectivity index (χ3v) is 11.4. The van der Waals surface area contributed by atoms with E-state index in [2.05, 4.69) is 169 Å². The molecule has 256 valence electrons. The predicted octanol–water partition coefficient (Wildman–Crippen LogP) is 12.6. The third-order valence-electron chi connectivity index (χ3n) is 11.4. The first-order valence-corrected chi connectivity index (χ1v) is 18.8. The van der Waals surface area contributed by atoms with Crippen molar-refractivity contribution in [3.05, 3.63) is 223 Å². The van der Waals surface area contributed by atoms with Gasteiger partial charge in [-0.15, -0.1) is 0 Å². The lowest BCUT2D eigenvalue weighted by atomic mass is 9.66. The Balaban J connectivity index is 1.16. The topological polar surface area (TPSA) is 38.7 Å². The van der Waals surface area contributed by atoms with Gasteiger partial charge in [0.2, 0.25) is 0 Å². The molecular weight excluding hydrogens is 667 g/mol. The molecule has 0 radical (unpaired) electrons. The van der Waals surface area contributed by atoms with Crippen molar-refractivity contribution >= 4 is 0 Å². The molecule has 0 atom stereocenters. The van der Waals surface area contributed by atoms with Gasteiger partial charge in [-0.1, -0.05) is 170 Å². The van der Waals surface area contributed by atoms with Crippen LogP contribution in [-0.4, -0.2) is 15.0 Å². The molecule has 2 aromatic heterocycles. The van der Waals surface area contributed by atoms with Crippen LogP contribution in [0.5, 0.6) is 0 Å². The maximum Gasteiger partial charge on any atom is 0.160 e. The highest BCUT2D eigenvalue weighted by Crippen LogP contribution is 2.61. The Hall–Kier alpha value is -7.23. The number of nitrogens with zero attached hydrogens (tertiary/aromatic N) is 3. The first kappa shape index (κ1) is 31.3. The minimum atomic E-state index is -0.515. The van der Waals surface area contributed by atoms with Crippen molar-refractivity contribution in [2.45, 2.75) is 5.41 Å². The summed E-state index contributed by atoms with van der Waals surface area (Å²) in [5.41, 5.74) is 19.2. The summed E-state index contributed by atoms with van der Waals surface area (Å²) in [7, 11) is 0. The average molecular weight is 700 g/mol. The molecule has 0 bridgehead atoms. The van der Waals surface area contributed by atoms with Gasteiger partial charge in [-0.2, -0.15) is 0 Å². The van der Waals surface area contributed by atoms with Crippen LogP contribution in [0.1, 0.15) is 22.3 Å². The molecule has 0 unspecified atom stereocenters. The number of fused-ring (bicyclic) bond motifs is 12. The maximum atomic E-state index is 5.27. The fraction of sp³-hybridized carbons (Fsp3) is 0.0192. The second-order valence-electron chi connectivity index (χ2n) is 14.3. The zero-order valence-electron chi connectivity index (χ0n) is 29.9. The number of hydrogen-bond acceptors (Lipinski definition) is 3. The van der Waals surface area contributed by atoms with Crippen LogP contribution in [-0.2, 0) is 5.41 Å². The van der Waals surface area contributed by atoms with Crippen LogP contribution in [0.4, 0.5) is 0 Å². The van der Waals surface area contributed by atoms with Crippen LogP contribution < -0.4 is 0 Å². The van der Waals surface area contributed by atoms with Gasteiger partial charge in [-0.05, 0) is 85.0 Å².